The van der Waals surface area contributed by atoms with Gasteiger partial charge < -0.3 is 15.0 Å². The summed E-state index contributed by atoms with van der Waals surface area (Å²) in [6.45, 7) is 9.76. The third-order valence-corrected chi connectivity index (χ3v) is 6.74. The molecule has 1 N–H and O–H groups in total. The molecule has 8 nitrogen and oxygen atoms in total. The van der Waals surface area contributed by atoms with E-state index in [0.717, 1.165) is 13.0 Å². The second kappa shape index (κ2) is 9.86. The lowest BCUT2D eigenvalue weighted by Crippen LogP contribution is -2.45. The summed E-state index contributed by atoms with van der Waals surface area (Å²) in [5.41, 5.74) is 2.60. The van der Waals surface area contributed by atoms with Gasteiger partial charge >= 0.3 is 14.0 Å². The first kappa shape index (κ1) is 25.6. The van der Waals surface area contributed by atoms with E-state index in [2.05, 4.69) is 45.2 Å². The number of anilines is 1. The van der Waals surface area contributed by atoms with Crippen LogP contribution in [0.25, 0.3) is 0 Å². The van der Waals surface area contributed by atoms with Gasteiger partial charge in [-0.2, -0.15) is 0 Å². The molecule has 0 saturated carbocycles. The fourth-order valence-corrected chi connectivity index (χ4v) is 5.36. The predicted octanol–water partition coefficient (Wildman–Crippen LogP) is 4.69. The van der Waals surface area contributed by atoms with Crippen LogP contribution in [0.15, 0.2) is 18.2 Å². The summed E-state index contributed by atoms with van der Waals surface area (Å²) in [7, 11) is 1.56. The van der Waals surface area contributed by atoms with E-state index in [-0.39, 0.29) is 5.41 Å². The molecule has 1 aromatic carbocycles. The Hall–Kier alpha value is -1.67. The molecule has 31 heavy (non-hydrogen) atoms. The fourth-order valence-electron chi connectivity index (χ4n) is 4.31. The second-order valence-corrected chi connectivity index (χ2v) is 9.97. The Morgan fingerprint density at radius 3 is 2.32 bits per heavy atom. The van der Waals surface area contributed by atoms with Gasteiger partial charge in [0.2, 0.25) is 0 Å². The van der Waals surface area contributed by atoms with Gasteiger partial charge in [0.15, 0.2) is 0 Å². The van der Waals surface area contributed by atoms with Crippen LogP contribution in [0.5, 0.6) is 5.75 Å². The summed E-state index contributed by atoms with van der Waals surface area (Å²) in [4.78, 5) is 16.1. The summed E-state index contributed by atoms with van der Waals surface area (Å²) in [6.07, 6.45) is 0.220. The Morgan fingerprint density at radius 2 is 1.81 bits per heavy atom. The highest BCUT2D eigenvalue weighted by Gasteiger charge is 2.52. The maximum atomic E-state index is 12.7. The highest BCUT2D eigenvalue weighted by molar-refractivity contribution is 7.48. The second-order valence-electron chi connectivity index (χ2n) is 8.69. The largest absolute Gasteiger partial charge is 0.513 e. The number of hydrogen-bond acceptors (Lipinski definition) is 7. The van der Waals surface area contributed by atoms with Crippen molar-refractivity contribution in [3.8, 4) is 5.75 Å². The standard InChI is InChI=1S/C15H21N3O2.C6H14FO3P/c1-15-7-8-17(3)13(15)18(4)12-6-5-10(9-11(12)15)20-14(19)16-2;1-5(2)9-11(7,8)10-6(3)4/h5-6,9,13H,7-8H2,1-4H3,(H,16,19);5-6H,1-4H3/t13-,15+;/m1./s1. The Morgan fingerprint density at radius 1 is 1.23 bits per heavy atom. The molecule has 1 aromatic rings. The van der Waals surface area contributed by atoms with Gasteiger partial charge in [0.25, 0.3) is 0 Å². The molecule has 0 spiro atoms. The predicted molar refractivity (Wildman–Crippen MR) is 119 cm³/mol. The zero-order valence-electron chi connectivity index (χ0n) is 19.6. The quantitative estimate of drug-likeness (QED) is 0.640. The normalized spacial score (nSPS) is 22.8. The van der Waals surface area contributed by atoms with E-state index < -0.39 is 26.2 Å². The van der Waals surface area contributed by atoms with E-state index >= 15 is 0 Å². The Labute approximate surface area is 184 Å². The van der Waals surface area contributed by atoms with Gasteiger partial charge in [0, 0.05) is 31.7 Å². The van der Waals surface area contributed by atoms with E-state index in [1.54, 1.807) is 34.7 Å². The molecule has 2 heterocycles. The lowest BCUT2D eigenvalue weighted by atomic mass is 9.81. The van der Waals surface area contributed by atoms with Crippen molar-refractivity contribution >= 4 is 19.7 Å². The van der Waals surface area contributed by atoms with Crippen molar-refractivity contribution in [2.24, 2.45) is 0 Å². The molecule has 3 rings (SSSR count). The minimum absolute atomic E-state index is 0.0981. The summed E-state index contributed by atoms with van der Waals surface area (Å²) in [5.74, 6) is 0.605. The zero-order chi connectivity index (χ0) is 23.6. The first-order chi connectivity index (χ1) is 14.3. The van der Waals surface area contributed by atoms with Crippen LogP contribution >= 0.6 is 7.91 Å². The van der Waals surface area contributed by atoms with Crippen molar-refractivity contribution in [3.05, 3.63) is 23.8 Å². The van der Waals surface area contributed by atoms with Gasteiger partial charge in [-0.25, -0.2) is 9.36 Å². The molecule has 10 heteroatoms. The number of nitrogens with zero attached hydrogens (tertiary/aromatic N) is 2. The molecule has 1 fully saturated rings. The number of amides is 1. The van der Waals surface area contributed by atoms with Crippen LogP contribution in [0.2, 0.25) is 0 Å². The average molecular weight is 459 g/mol. The van der Waals surface area contributed by atoms with E-state index in [0.29, 0.717) is 11.9 Å². The lowest BCUT2D eigenvalue weighted by Gasteiger charge is -2.32. The number of halogens is 1. The van der Waals surface area contributed by atoms with Crippen LogP contribution in [0.4, 0.5) is 14.7 Å². The average Bonchev–Trinajstić information content (AvgIpc) is 3.05. The highest BCUT2D eigenvalue weighted by Crippen LogP contribution is 2.52. The van der Waals surface area contributed by atoms with Crippen LogP contribution in [0.1, 0.15) is 46.6 Å². The SMILES string of the molecule is CC(C)OP(=O)(F)OC(C)C.CNC(=O)Oc1ccc2c(c1)[C@]1(C)CCN(C)[C@@H]1N2C. The van der Waals surface area contributed by atoms with Gasteiger partial charge in [0.05, 0.1) is 18.4 Å². The maximum Gasteiger partial charge on any atom is 0.513 e. The van der Waals surface area contributed by atoms with Crippen molar-refractivity contribution < 1.29 is 27.3 Å². The Kier molecular flexibility index (Phi) is 8.14. The molecule has 0 aliphatic carbocycles. The smallest absolute Gasteiger partial charge is 0.410 e. The molecule has 2 aliphatic heterocycles. The molecule has 2 aliphatic rings. The Balaban J connectivity index is 0.000000267. The molecule has 0 unspecified atom stereocenters. The first-order valence-corrected chi connectivity index (χ1v) is 11.9. The lowest BCUT2D eigenvalue weighted by molar-refractivity contribution is 0.118. The third kappa shape index (κ3) is 5.98. The summed E-state index contributed by atoms with van der Waals surface area (Å²) in [5, 5.41) is 2.47. The number of likely N-dealkylation sites (tertiary alicyclic amines) is 1. The summed E-state index contributed by atoms with van der Waals surface area (Å²) < 4.78 is 37.5. The van der Waals surface area contributed by atoms with E-state index in [1.807, 2.05) is 18.2 Å². The summed E-state index contributed by atoms with van der Waals surface area (Å²) >= 11 is 0. The molecule has 0 aromatic heterocycles. The van der Waals surface area contributed by atoms with Crippen LogP contribution < -0.4 is 15.0 Å². The molecule has 2 atom stereocenters. The monoisotopic (exact) mass is 459 g/mol. The van der Waals surface area contributed by atoms with Crippen LogP contribution in [-0.4, -0.2) is 57.1 Å². The van der Waals surface area contributed by atoms with E-state index in [9.17, 15) is 13.6 Å². The van der Waals surface area contributed by atoms with Crippen molar-refractivity contribution in [1.29, 1.82) is 0 Å². The van der Waals surface area contributed by atoms with Crippen molar-refractivity contribution in [2.45, 2.75) is 64.8 Å². The maximum absolute atomic E-state index is 12.7. The molecule has 1 amide bonds. The van der Waals surface area contributed by atoms with Gasteiger partial charge in [-0.05, 0) is 64.9 Å². The van der Waals surface area contributed by atoms with Crippen molar-refractivity contribution in [3.63, 3.8) is 0 Å². The molecule has 1 saturated heterocycles. The van der Waals surface area contributed by atoms with E-state index in [1.165, 1.54) is 11.3 Å². The van der Waals surface area contributed by atoms with Gasteiger partial charge in [-0.3, -0.25) is 13.9 Å². The molecule has 176 valence electrons. The number of hydrogen-bond donors (Lipinski definition) is 1. The number of nitrogens with one attached hydrogen (secondary N) is 1. The van der Waals surface area contributed by atoms with Crippen molar-refractivity contribution in [2.75, 3.05) is 32.6 Å². The molecule has 0 radical (unpaired) electrons. The molecule has 0 bridgehead atoms. The summed E-state index contributed by atoms with van der Waals surface area (Å²) in [6, 6.07) is 5.92. The highest BCUT2D eigenvalue weighted by atomic mass is 31.2. The van der Waals surface area contributed by atoms with Gasteiger partial charge in [0.1, 0.15) is 5.75 Å². The number of rotatable bonds is 5. The van der Waals surface area contributed by atoms with Crippen LogP contribution in [0, 0.1) is 0 Å². The minimum Gasteiger partial charge on any atom is -0.410 e. The molecular weight excluding hydrogens is 424 g/mol. The number of likely N-dealkylation sites (N-methyl/N-ethyl adjacent to an activating group) is 2. The number of carbonyl (C=O) groups excluding carboxylic acids is 1. The first-order valence-electron chi connectivity index (χ1n) is 10.4. The Bertz CT molecular complexity index is 823. The van der Waals surface area contributed by atoms with Crippen LogP contribution in [-0.2, 0) is 19.0 Å². The molecular formula is C21H35FN3O5P. The third-order valence-electron chi connectivity index (χ3n) is 5.39. The zero-order valence-corrected chi connectivity index (χ0v) is 20.5. The number of benzene rings is 1. The van der Waals surface area contributed by atoms with E-state index in [4.69, 9.17) is 4.74 Å². The van der Waals surface area contributed by atoms with Crippen molar-refractivity contribution in [1.82, 2.24) is 10.2 Å². The minimum atomic E-state index is -4.30. The number of ether oxygens (including phenoxy) is 1. The van der Waals surface area contributed by atoms with Crippen LogP contribution in [0.3, 0.4) is 0 Å². The van der Waals surface area contributed by atoms with Gasteiger partial charge in [-0.15, -0.1) is 4.20 Å². The number of fused-ring (bicyclic) bond motifs is 3. The number of carbonyl (C=O) groups is 1. The topological polar surface area (TPSA) is 80.3 Å². The fraction of sp³-hybridized carbons (Fsp3) is 0.667. The van der Waals surface area contributed by atoms with Gasteiger partial charge in [-0.1, -0.05) is 6.92 Å².